The maximum Gasteiger partial charge on any atom is 0.176 e. The third kappa shape index (κ3) is 4.06. The van der Waals surface area contributed by atoms with Crippen LogP contribution in [0.2, 0.25) is 5.02 Å². The predicted molar refractivity (Wildman–Crippen MR) is 80.6 cm³/mol. The van der Waals surface area contributed by atoms with Gasteiger partial charge in [-0.25, -0.2) is 4.39 Å². The molecule has 98 valence electrons. The summed E-state index contributed by atoms with van der Waals surface area (Å²) in [6.45, 7) is 0. The number of hydrogen-bond donors (Lipinski definition) is 0. The number of Topliss-reactive ketones (excluding diaryl/α,β-unsaturated/α-hetero) is 1. The number of halogens is 3. The minimum absolute atomic E-state index is 0.101. The van der Waals surface area contributed by atoms with E-state index in [1.165, 1.54) is 23.9 Å². The zero-order chi connectivity index (χ0) is 13.8. The average molecular weight is 360 g/mol. The van der Waals surface area contributed by atoms with Crippen LogP contribution in [0.15, 0.2) is 51.8 Å². The summed E-state index contributed by atoms with van der Waals surface area (Å²) in [5, 5.41) is 0.617. The van der Waals surface area contributed by atoms with Crippen molar-refractivity contribution in [2.24, 2.45) is 0 Å². The number of hydrogen-bond acceptors (Lipinski definition) is 2. The van der Waals surface area contributed by atoms with E-state index < -0.39 is 5.82 Å². The first-order chi connectivity index (χ1) is 9.06. The zero-order valence-electron chi connectivity index (χ0n) is 9.70. The van der Waals surface area contributed by atoms with Crippen LogP contribution in [0.5, 0.6) is 0 Å². The van der Waals surface area contributed by atoms with Crippen LogP contribution in [-0.4, -0.2) is 11.5 Å². The summed E-state index contributed by atoms with van der Waals surface area (Å²) >= 11 is 10.4. The van der Waals surface area contributed by atoms with E-state index in [2.05, 4.69) is 15.9 Å². The molecule has 0 aliphatic heterocycles. The molecular formula is C14H9BrClFOS. The van der Waals surface area contributed by atoms with Crippen molar-refractivity contribution >= 4 is 45.1 Å². The molecule has 2 aromatic rings. The van der Waals surface area contributed by atoms with Gasteiger partial charge in [0.05, 0.1) is 11.3 Å². The number of carbonyl (C=O) groups is 1. The van der Waals surface area contributed by atoms with Crippen molar-refractivity contribution < 1.29 is 9.18 Å². The van der Waals surface area contributed by atoms with Crippen molar-refractivity contribution in [3.63, 3.8) is 0 Å². The number of rotatable bonds is 4. The molecule has 0 aromatic heterocycles. The highest BCUT2D eigenvalue weighted by Crippen LogP contribution is 2.24. The lowest BCUT2D eigenvalue weighted by atomic mass is 10.1. The highest BCUT2D eigenvalue weighted by molar-refractivity contribution is 9.10. The van der Waals surface area contributed by atoms with Gasteiger partial charge in [-0.2, -0.15) is 0 Å². The second kappa shape index (κ2) is 6.55. The lowest BCUT2D eigenvalue weighted by molar-refractivity contribution is 0.101. The number of carbonyl (C=O) groups excluding carboxylic acids is 1. The lowest BCUT2D eigenvalue weighted by Crippen LogP contribution is -2.05. The summed E-state index contributed by atoms with van der Waals surface area (Å²) in [5.41, 5.74) is 0.101. The van der Waals surface area contributed by atoms with E-state index in [0.717, 1.165) is 4.90 Å². The van der Waals surface area contributed by atoms with Crippen molar-refractivity contribution in [3.05, 3.63) is 63.3 Å². The van der Waals surface area contributed by atoms with Crippen molar-refractivity contribution in [2.75, 3.05) is 5.75 Å². The molecule has 2 aromatic carbocycles. The van der Waals surface area contributed by atoms with Gasteiger partial charge in [0.2, 0.25) is 0 Å². The molecule has 0 aliphatic rings. The van der Waals surface area contributed by atoms with Crippen LogP contribution < -0.4 is 0 Å². The molecule has 19 heavy (non-hydrogen) atoms. The van der Waals surface area contributed by atoms with E-state index in [4.69, 9.17) is 11.6 Å². The molecule has 0 aliphatic carbocycles. The molecule has 0 unspecified atom stereocenters. The number of thioether (sulfide) groups is 1. The first-order valence-electron chi connectivity index (χ1n) is 5.43. The van der Waals surface area contributed by atoms with Gasteiger partial charge < -0.3 is 0 Å². The van der Waals surface area contributed by atoms with Crippen LogP contribution in [0.25, 0.3) is 0 Å². The van der Waals surface area contributed by atoms with Crippen molar-refractivity contribution in [1.82, 2.24) is 0 Å². The third-order valence-electron chi connectivity index (χ3n) is 2.39. The Morgan fingerprint density at radius 2 is 2.05 bits per heavy atom. The van der Waals surface area contributed by atoms with Crippen LogP contribution in [-0.2, 0) is 0 Å². The smallest absolute Gasteiger partial charge is 0.176 e. The van der Waals surface area contributed by atoms with Gasteiger partial charge >= 0.3 is 0 Å². The monoisotopic (exact) mass is 358 g/mol. The van der Waals surface area contributed by atoms with E-state index in [1.54, 1.807) is 18.2 Å². The topological polar surface area (TPSA) is 17.1 Å². The second-order valence-electron chi connectivity index (χ2n) is 3.79. The molecule has 0 bridgehead atoms. The summed E-state index contributed by atoms with van der Waals surface area (Å²) in [6.07, 6.45) is 0. The lowest BCUT2D eigenvalue weighted by Gasteiger charge is -2.04. The highest BCUT2D eigenvalue weighted by atomic mass is 79.9. The Morgan fingerprint density at radius 1 is 1.26 bits per heavy atom. The minimum Gasteiger partial charge on any atom is -0.293 e. The van der Waals surface area contributed by atoms with E-state index >= 15 is 0 Å². The summed E-state index contributed by atoms with van der Waals surface area (Å²) in [4.78, 5) is 12.8. The fourth-order valence-electron chi connectivity index (χ4n) is 1.49. The Kier molecular flexibility index (Phi) is 5.02. The quantitative estimate of drug-likeness (QED) is 0.550. The molecule has 5 heteroatoms. The second-order valence-corrected chi connectivity index (χ2v) is 6.19. The summed E-state index contributed by atoms with van der Waals surface area (Å²) in [5.74, 6) is -0.572. The predicted octanol–water partition coefficient (Wildman–Crippen LogP) is 5.22. The van der Waals surface area contributed by atoms with Gasteiger partial charge in [0.15, 0.2) is 5.78 Å². The summed E-state index contributed by atoms with van der Waals surface area (Å²) < 4.78 is 14.2. The molecule has 0 saturated carbocycles. The SMILES string of the molecule is O=C(CSc1cccc(Cl)c1)c1cc(Br)ccc1F. The molecule has 2 rings (SSSR count). The largest absolute Gasteiger partial charge is 0.293 e. The van der Waals surface area contributed by atoms with E-state index in [-0.39, 0.29) is 17.1 Å². The fraction of sp³-hybridized carbons (Fsp3) is 0.0714. The van der Waals surface area contributed by atoms with Gasteiger partial charge in [-0.1, -0.05) is 33.6 Å². The Bertz CT molecular complexity index is 618. The highest BCUT2D eigenvalue weighted by Gasteiger charge is 2.12. The normalized spacial score (nSPS) is 10.5. The van der Waals surface area contributed by atoms with Gasteiger partial charge in [-0.3, -0.25) is 4.79 Å². The first-order valence-corrected chi connectivity index (χ1v) is 7.58. The van der Waals surface area contributed by atoms with Gasteiger partial charge in [-0.05, 0) is 36.4 Å². The molecule has 0 saturated heterocycles. The van der Waals surface area contributed by atoms with E-state index in [0.29, 0.717) is 9.50 Å². The van der Waals surface area contributed by atoms with E-state index in [9.17, 15) is 9.18 Å². The van der Waals surface area contributed by atoms with Gasteiger partial charge in [0, 0.05) is 14.4 Å². The van der Waals surface area contributed by atoms with Crippen LogP contribution in [0, 0.1) is 5.82 Å². The molecule has 0 spiro atoms. The maximum absolute atomic E-state index is 13.5. The van der Waals surface area contributed by atoms with Gasteiger partial charge in [0.25, 0.3) is 0 Å². The molecule has 0 amide bonds. The minimum atomic E-state index is -0.500. The standard InChI is InChI=1S/C14H9BrClFOS/c15-9-4-5-13(17)12(6-9)14(18)8-19-11-3-1-2-10(16)7-11/h1-7H,8H2. The molecule has 0 heterocycles. The Balaban J connectivity index is 2.07. The zero-order valence-corrected chi connectivity index (χ0v) is 12.9. The van der Waals surface area contributed by atoms with Crippen LogP contribution in [0.4, 0.5) is 4.39 Å². The molecule has 0 radical (unpaired) electrons. The Hall–Kier alpha value is -0.840. The molecular weight excluding hydrogens is 351 g/mol. The van der Waals surface area contributed by atoms with Crippen LogP contribution in [0.1, 0.15) is 10.4 Å². The number of benzene rings is 2. The Morgan fingerprint density at radius 3 is 2.79 bits per heavy atom. The average Bonchev–Trinajstić information content (AvgIpc) is 2.39. The fourth-order valence-corrected chi connectivity index (χ4v) is 2.95. The summed E-state index contributed by atoms with van der Waals surface area (Å²) in [7, 11) is 0. The van der Waals surface area contributed by atoms with Gasteiger partial charge in [-0.15, -0.1) is 11.8 Å². The van der Waals surface area contributed by atoms with Crippen molar-refractivity contribution in [3.8, 4) is 0 Å². The van der Waals surface area contributed by atoms with E-state index in [1.807, 2.05) is 12.1 Å². The number of ketones is 1. The molecule has 0 N–H and O–H groups in total. The first kappa shape index (κ1) is 14.6. The third-order valence-corrected chi connectivity index (χ3v) is 4.12. The van der Waals surface area contributed by atoms with Crippen molar-refractivity contribution in [1.29, 1.82) is 0 Å². The summed E-state index contributed by atoms with van der Waals surface area (Å²) in [6, 6.07) is 11.6. The molecule has 1 nitrogen and oxygen atoms in total. The van der Waals surface area contributed by atoms with Crippen LogP contribution >= 0.6 is 39.3 Å². The Labute approximate surface area is 128 Å². The maximum atomic E-state index is 13.5. The van der Waals surface area contributed by atoms with Crippen molar-refractivity contribution in [2.45, 2.75) is 4.90 Å². The molecule has 0 atom stereocenters. The van der Waals surface area contributed by atoms with Gasteiger partial charge in [0.1, 0.15) is 5.82 Å². The van der Waals surface area contributed by atoms with Crippen LogP contribution in [0.3, 0.4) is 0 Å². The molecule has 0 fully saturated rings.